The number of carbonyl (C=O) groups excluding carboxylic acids is 1. The third-order valence-electron chi connectivity index (χ3n) is 5.38. The zero-order chi connectivity index (χ0) is 20.7. The molecule has 0 fully saturated rings. The van der Waals surface area contributed by atoms with Gasteiger partial charge in [-0.25, -0.2) is 0 Å². The van der Waals surface area contributed by atoms with Crippen molar-refractivity contribution in [3.05, 3.63) is 65.2 Å². The Labute approximate surface area is 171 Å². The van der Waals surface area contributed by atoms with Crippen molar-refractivity contribution in [2.45, 2.75) is 39.5 Å². The van der Waals surface area contributed by atoms with Gasteiger partial charge < -0.3 is 15.5 Å². The van der Waals surface area contributed by atoms with Crippen LogP contribution in [0.2, 0.25) is 5.02 Å². The summed E-state index contributed by atoms with van der Waals surface area (Å²) in [5, 5.41) is 22.7. The number of benzene rings is 2. The minimum absolute atomic E-state index is 0.00983. The molecular formula is C23H28ClNO3. The first-order chi connectivity index (χ1) is 13.3. The summed E-state index contributed by atoms with van der Waals surface area (Å²) in [6.07, 6.45) is 2.57. The Kier molecular flexibility index (Phi) is 7.53. The summed E-state index contributed by atoms with van der Waals surface area (Å²) in [5.74, 6) is -0.292. The summed E-state index contributed by atoms with van der Waals surface area (Å²) < 4.78 is 0. The molecule has 0 heterocycles. The van der Waals surface area contributed by atoms with Crippen molar-refractivity contribution >= 4 is 23.1 Å². The Balaban J connectivity index is 2.01. The van der Waals surface area contributed by atoms with Crippen LogP contribution in [0.15, 0.2) is 49.0 Å². The van der Waals surface area contributed by atoms with Crippen LogP contribution in [0.1, 0.15) is 44.2 Å². The lowest BCUT2D eigenvalue weighted by molar-refractivity contribution is -0.131. The van der Waals surface area contributed by atoms with Crippen LogP contribution < -0.4 is 5.32 Å². The molecule has 0 bridgehead atoms. The number of allylic oxidation sites excluding steroid dienone is 1. The molecule has 0 saturated heterocycles. The summed E-state index contributed by atoms with van der Waals surface area (Å²) in [6.45, 7) is 8.69. The minimum atomic E-state index is -0.520. The van der Waals surface area contributed by atoms with Crippen LogP contribution >= 0.6 is 11.6 Å². The molecule has 3 N–H and O–H groups in total. The quantitative estimate of drug-likeness (QED) is 0.498. The average Bonchev–Trinajstić information content (AvgIpc) is 2.69. The van der Waals surface area contributed by atoms with Crippen molar-refractivity contribution in [1.82, 2.24) is 5.32 Å². The van der Waals surface area contributed by atoms with Crippen LogP contribution in [0.5, 0.6) is 11.5 Å². The highest BCUT2D eigenvalue weighted by Gasteiger charge is 2.35. The number of hydrogen-bond acceptors (Lipinski definition) is 3. The number of halogens is 1. The lowest BCUT2D eigenvalue weighted by atomic mass is 9.75. The van der Waals surface area contributed by atoms with Gasteiger partial charge in [0, 0.05) is 11.6 Å². The maximum absolute atomic E-state index is 13.0. The largest absolute Gasteiger partial charge is 0.504 e. The molecule has 0 aliphatic rings. The molecule has 0 aliphatic carbocycles. The number of aromatic hydroxyl groups is 2. The third-order valence-corrected chi connectivity index (χ3v) is 5.63. The van der Waals surface area contributed by atoms with E-state index in [0.29, 0.717) is 37.3 Å². The third kappa shape index (κ3) is 5.29. The molecular weight excluding hydrogens is 374 g/mol. The minimum Gasteiger partial charge on any atom is -0.504 e. The van der Waals surface area contributed by atoms with Gasteiger partial charge >= 0.3 is 0 Å². The maximum Gasteiger partial charge on any atom is 0.226 e. The Morgan fingerprint density at radius 2 is 1.71 bits per heavy atom. The van der Waals surface area contributed by atoms with E-state index in [2.05, 4.69) is 11.9 Å². The molecule has 0 radical (unpaired) electrons. The molecule has 0 aliphatic heterocycles. The molecule has 150 valence electrons. The number of amides is 1. The molecule has 0 atom stereocenters. The van der Waals surface area contributed by atoms with Crippen LogP contribution in [0, 0.1) is 5.41 Å². The molecule has 0 aromatic heterocycles. The van der Waals surface area contributed by atoms with E-state index in [1.54, 1.807) is 6.07 Å². The number of phenols is 2. The molecule has 0 saturated carbocycles. The second-order valence-electron chi connectivity index (χ2n) is 7.10. The predicted octanol–water partition coefficient (Wildman–Crippen LogP) is 5.32. The fraction of sp³-hybridized carbons (Fsp3) is 0.348. The number of hydrogen-bond donors (Lipinski definition) is 3. The second-order valence-corrected chi connectivity index (χ2v) is 7.54. The highest BCUT2D eigenvalue weighted by molar-refractivity contribution is 6.30. The summed E-state index contributed by atoms with van der Waals surface area (Å²) in [6, 6.07) is 12.2. The standard InChI is InChI=1S/C23H28ClNO3/c1-4-23(5-2,15-16(3)18-7-9-19(24)10-8-18)22(28)25-13-12-17-6-11-20(26)21(27)14-17/h6-11,14,26-27H,3-5,12-13,15H2,1-2H3,(H,25,28). The first-order valence-corrected chi connectivity index (χ1v) is 9.92. The van der Waals surface area contributed by atoms with Crippen molar-refractivity contribution in [1.29, 1.82) is 0 Å². The van der Waals surface area contributed by atoms with E-state index < -0.39 is 5.41 Å². The Hall–Kier alpha value is -2.46. The maximum atomic E-state index is 13.0. The van der Waals surface area contributed by atoms with Gasteiger partial charge in [0.05, 0.1) is 5.41 Å². The van der Waals surface area contributed by atoms with Crippen molar-refractivity contribution in [3.8, 4) is 11.5 Å². The van der Waals surface area contributed by atoms with Gasteiger partial charge in [0.25, 0.3) is 0 Å². The molecule has 2 rings (SSSR count). The van der Waals surface area contributed by atoms with Gasteiger partial charge in [-0.2, -0.15) is 0 Å². The Bertz CT molecular complexity index is 826. The van der Waals surface area contributed by atoms with Crippen LogP contribution in [-0.4, -0.2) is 22.7 Å². The monoisotopic (exact) mass is 401 g/mol. The van der Waals surface area contributed by atoms with Crippen molar-refractivity contribution in [2.75, 3.05) is 6.54 Å². The van der Waals surface area contributed by atoms with E-state index in [1.807, 2.05) is 38.1 Å². The van der Waals surface area contributed by atoms with Crippen LogP contribution in [-0.2, 0) is 11.2 Å². The van der Waals surface area contributed by atoms with Gasteiger partial charge in [-0.1, -0.05) is 50.2 Å². The van der Waals surface area contributed by atoms with E-state index in [-0.39, 0.29) is 17.4 Å². The fourth-order valence-electron chi connectivity index (χ4n) is 3.33. The molecule has 4 nitrogen and oxygen atoms in total. The van der Waals surface area contributed by atoms with Gasteiger partial charge in [-0.15, -0.1) is 0 Å². The van der Waals surface area contributed by atoms with E-state index in [9.17, 15) is 15.0 Å². The molecule has 2 aromatic carbocycles. The van der Waals surface area contributed by atoms with Gasteiger partial charge in [-0.05, 0) is 66.6 Å². The first-order valence-electron chi connectivity index (χ1n) is 9.54. The number of rotatable bonds is 9. The number of phenolic OH excluding ortho intramolecular Hbond substituents is 2. The SMILES string of the molecule is C=C(CC(CC)(CC)C(=O)NCCc1ccc(O)c(O)c1)c1ccc(Cl)cc1. The number of nitrogens with one attached hydrogen (secondary N) is 1. The zero-order valence-electron chi connectivity index (χ0n) is 16.5. The van der Waals surface area contributed by atoms with Crippen molar-refractivity contribution in [2.24, 2.45) is 5.41 Å². The topological polar surface area (TPSA) is 69.6 Å². The van der Waals surface area contributed by atoms with E-state index in [4.69, 9.17) is 11.6 Å². The van der Waals surface area contributed by atoms with Crippen molar-refractivity contribution < 1.29 is 15.0 Å². The predicted molar refractivity (Wildman–Crippen MR) is 115 cm³/mol. The van der Waals surface area contributed by atoms with Crippen LogP contribution in [0.3, 0.4) is 0 Å². The smallest absolute Gasteiger partial charge is 0.226 e. The molecule has 5 heteroatoms. The Morgan fingerprint density at radius 3 is 2.29 bits per heavy atom. The van der Waals surface area contributed by atoms with Gasteiger partial charge in [0.1, 0.15) is 0 Å². The van der Waals surface area contributed by atoms with Crippen LogP contribution in [0.25, 0.3) is 5.57 Å². The lowest BCUT2D eigenvalue weighted by Crippen LogP contribution is -2.41. The molecule has 0 spiro atoms. The van der Waals surface area contributed by atoms with Crippen molar-refractivity contribution in [3.63, 3.8) is 0 Å². The summed E-state index contributed by atoms with van der Waals surface area (Å²) in [5.41, 5.74) is 2.23. The highest BCUT2D eigenvalue weighted by atomic mass is 35.5. The number of carbonyl (C=O) groups is 1. The molecule has 1 amide bonds. The summed E-state index contributed by atoms with van der Waals surface area (Å²) in [7, 11) is 0. The second kappa shape index (κ2) is 9.65. The van der Waals surface area contributed by atoms with Gasteiger partial charge in [0.2, 0.25) is 5.91 Å². The lowest BCUT2D eigenvalue weighted by Gasteiger charge is -2.31. The highest BCUT2D eigenvalue weighted by Crippen LogP contribution is 2.37. The van der Waals surface area contributed by atoms with Gasteiger partial charge in [-0.3, -0.25) is 4.79 Å². The fourth-order valence-corrected chi connectivity index (χ4v) is 3.46. The normalized spacial score (nSPS) is 11.2. The van der Waals surface area contributed by atoms with Gasteiger partial charge in [0.15, 0.2) is 11.5 Å². The van der Waals surface area contributed by atoms with E-state index >= 15 is 0 Å². The zero-order valence-corrected chi connectivity index (χ0v) is 17.2. The first kappa shape index (κ1) is 21.8. The van der Waals surface area contributed by atoms with E-state index in [1.165, 1.54) is 12.1 Å². The molecule has 2 aromatic rings. The van der Waals surface area contributed by atoms with E-state index in [0.717, 1.165) is 16.7 Å². The average molecular weight is 402 g/mol. The summed E-state index contributed by atoms with van der Waals surface area (Å²) in [4.78, 5) is 13.0. The Morgan fingerprint density at radius 1 is 1.07 bits per heavy atom. The molecule has 28 heavy (non-hydrogen) atoms. The van der Waals surface area contributed by atoms with Crippen LogP contribution in [0.4, 0.5) is 0 Å². The molecule has 0 unspecified atom stereocenters. The summed E-state index contributed by atoms with van der Waals surface area (Å²) >= 11 is 5.96.